The second-order valence-electron chi connectivity index (χ2n) is 7.87. The van der Waals surface area contributed by atoms with Crippen LogP contribution in [0.4, 0.5) is 0 Å². The van der Waals surface area contributed by atoms with Crippen molar-refractivity contribution in [2.24, 2.45) is 0 Å². The Morgan fingerprint density at radius 3 is 2.21 bits per heavy atom. The zero-order chi connectivity index (χ0) is 20.3. The van der Waals surface area contributed by atoms with Crippen LogP contribution in [-0.2, 0) is 0 Å². The number of likely N-dealkylation sites (N-methyl/N-ethyl adjacent to an activating group) is 1. The molecule has 5 heteroatoms. The predicted molar refractivity (Wildman–Crippen MR) is 111 cm³/mol. The Kier molecular flexibility index (Phi) is 5.84. The molecule has 28 heavy (non-hydrogen) atoms. The van der Waals surface area contributed by atoms with Crippen LogP contribution in [0.25, 0.3) is 11.1 Å². The van der Waals surface area contributed by atoms with Crippen LogP contribution in [0.3, 0.4) is 0 Å². The predicted octanol–water partition coefficient (Wildman–Crippen LogP) is 3.87. The molecule has 0 aromatic heterocycles. The van der Waals surface area contributed by atoms with Crippen molar-refractivity contribution < 1.29 is 14.7 Å². The fourth-order valence-corrected chi connectivity index (χ4v) is 3.97. The van der Waals surface area contributed by atoms with Gasteiger partial charge >= 0.3 is 0 Å². The molecule has 0 atom stereocenters. The highest BCUT2D eigenvalue weighted by Crippen LogP contribution is 2.33. The van der Waals surface area contributed by atoms with E-state index < -0.39 is 0 Å². The number of aromatic hydroxyl groups is 1. The molecule has 2 aromatic carbocycles. The molecule has 3 rings (SSSR count). The van der Waals surface area contributed by atoms with Gasteiger partial charge in [-0.05, 0) is 69.3 Å². The van der Waals surface area contributed by atoms with E-state index in [2.05, 4.69) is 24.3 Å². The molecule has 1 fully saturated rings. The maximum absolute atomic E-state index is 12.6. The highest BCUT2D eigenvalue weighted by Gasteiger charge is 2.36. The van der Waals surface area contributed by atoms with Crippen LogP contribution < -0.4 is 5.32 Å². The molecule has 0 bridgehead atoms. The van der Waals surface area contributed by atoms with Crippen molar-refractivity contribution in [1.29, 1.82) is 0 Å². The molecule has 1 aliphatic rings. The van der Waals surface area contributed by atoms with Crippen LogP contribution in [0, 0.1) is 0 Å². The first-order valence-corrected chi connectivity index (χ1v) is 9.72. The van der Waals surface area contributed by atoms with Gasteiger partial charge < -0.3 is 15.3 Å². The van der Waals surface area contributed by atoms with E-state index in [9.17, 15) is 14.7 Å². The molecule has 2 aromatic rings. The summed E-state index contributed by atoms with van der Waals surface area (Å²) < 4.78 is 0. The van der Waals surface area contributed by atoms with Gasteiger partial charge in [-0.2, -0.15) is 0 Å². The summed E-state index contributed by atoms with van der Waals surface area (Å²) in [4.78, 5) is 26.5. The van der Waals surface area contributed by atoms with E-state index in [-0.39, 0.29) is 23.0 Å². The van der Waals surface area contributed by atoms with Crippen LogP contribution in [0.15, 0.2) is 42.5 Å². The van der Waals surface area contributed by atoms with Gasteiger partial charge in [0.15, 0.2) is 5.78 Å². The lowest BCUT2D eigenvalue weighted by Crippen LogP contribution is -2.50. The summed E-state index contributed by atoms with van der Waals surface area (Å²) in [5.41, 5.74) is 2.68. The molecule has 0 aliphatic heterocycles. The third-order valence-electron chi connectivity index (χ3n) is 5.92. The molecule has 0 saturated heterocycles. The lowest BCUT2D eigenvalue weighted by atomic mass is 9.95. The van der Waals surface area contributed by atoms with Crippen molar-refractivity contribution >= 4 is 11.7 Å². The van der Waals surface area contributed by atoms with Gasteiger partial charge in [-0.15, -0.1) is 0 Å². The first-order chi connectivity index (χ1) is 13.3. The molecule has 0 radical (unpaired) electrons. The number of hydrogen-bond donors (Lipinski definition) is 2. The molecule has 0 heterocycles. The molecule has 1 amide bonds. The van der Waals surface area contributed by atoms with E-state index in [4.69, 9.17) is 0 Å². The minimum absolute atomic E-state index is 0.0195. The third kappa shape index (κ3) is 4.09. The molecule has 5 nitrogen and oxygen atoms in total. The third-order valence-corrected chi connectivity index (χ3v) is 5.92. The van der Waals surface area contributed by atoms with Gasteiger partial charge in [0.2, 0.25) is 0 Å². The number of nitrogens with one attached hydrogen (secondary N) is 1. The second kappa shape index (κ2) is 8.15. The smallest absolute Gasteiger partial charge is 0.251 e. The zero-order valence-corrected chi connectivity index (χ0v) is 16.8. The zero-order valence-electron chi connectivity index (χ0n) is 16.8. The van der Waals surface area contributed by atoms with Crippen LogP contribution in [-0.4, -0.2) is 47.9 Å². The Morgan fingerprint density at radius 2 is 1.64 bits per heavy atom. The van der Waals surface area contributed by atoms with Crippen molar-refractivity contribution in [1.82, 2.24) is 10.2 Å². The summed E-state index contributed by atoms with van der Waals surface area (Å²) in [7, 11) is 4.17. The lowest BCUT2D eigenvalue weighted by molar-refractivity contribution is 0.0899. The van der Waals surface area contributed by atoms with Gasteiger partial charge in [-0.3, -0.25) is 9.59 Å². The number of ketones is 1. The molecular formula is C23H28N2O3. The van der Waals surface area contributed by atoms with E-state index in [0.717, 1.165) is 24.0 Å². The van der Waals surface area contributed by atoms with Crippen LogP contribution in [0.1, 0.15) is 53.3 Å². The molecule has 2 N–H and O–H groups in total. The number of hydrogen-bond acceptors (Lipinski definition) is 4. The first kappa shape index (κ1) is 20.1. The topological polar surface area (TPSA) is 69.6 Å². The quantitative estimate of drug-likeness (QED) is 0.747. The molecule has 1 saturated carbocycles. The average Bonchev–Trinajstić information content (AvgIpc) is 3.17. The number of rotatable bonds is 6. The second-order valence-corrected chi connectivity index (χ2v) is 7.87. The number of benzene rings is 2. The van der Waals surface area contributed by atoms with Crippen LogP contribution in [0.5, 0.6) is 5.75 Å². The van der Waals surface area contributed by atoms with Crippen molar-refractivity contribution in [2.45, 2.75) is 38.1 Å². The average molecular weight is 380 g/mol. The molecule has 1 aliphatic carbocycles. The van der Waals surface area contributed by atoms with Gasteiger partial charge in [0.05, 0.1) is 5.56 Å². The Morgan fingerprint density at radius 1 is 1.04 bits per heavy atom. The summed E-state index contributed by atoms with van der Waals surface area (Å²) in [5.74, 6) is -0.277. The molecule has 148 valence electrons. The SMILES string of the molecule is CC(=O)c1cc(-c2ccc(C(=O)NCC3(N(C)C)CCCC3)cc2)ccc1O. The van der Waals surface area contributed by atoms with Gasteiger partial charge in [0.25, 0.3) is 5.91 Å². The van der Waals surface area contributed by atoms with Gasteiger partial charge in [-0.1, -0.05) is 31.0 Å². The van der Waals surface area contributed by atoms with E-state index in [0.29, 0.717) is 17.7 Å². The maximum atomic E-state index is 12.6. The fourth-order valence-electron chi connectivity index (χ4n) is 3.97. The number of carbonyl (C=O) groups is 2. The van der Waals surface area contributed by atoms with Gasteiger partial charge in [0, 0.05) is 17.6 Å². The summed E-state index contributed by atoms with van der Waals surface area (Å²) in [5, 5.41) is 12.9. The summed E-state index contributed by atoms with van der Waals surface area (Å²) in [6.07, 6.45) is 4.63. The number of Topliss-reactive ketones (excluding diaryl/α,β-unsaturated/α-hetero) is 1. The highest BCUT2D eigenvalue weighted by atomic mass is 16.3. The van der Waals surface area contributed by atoms with E-state index in [1.54, 1.807) is 24.3 Å². The minimum Gasteiger partial charge on any atom is -0.507 e. The van der Waals surface area contributed by atoms with Gasteiger partial charge in [0.1, 0.15) is 5.75 Å². The monoisotopic (exact) mass is 380 g/mol. The van der Waals surface area contributed by atoms with Crippen molar-refractivity contribution in [3.63, 3.8) is 0 Å². The molecule has 0 unspecified atom stereocenters. The first-order valence-electron chi connectivity index (χ1n) is 9.72. The number of amides is 1. The highest BCUT2D eigenvalue weighted by molar-refractivity contribution is 5.98. The minimum atomic E-state index is -0.183. The standard InChI is InChI=1S/C23H28N2O3/c1-16(26)20-14-19(10-11-21(20)27)17-6-8-18(9-7-17)22(28)24-15-23(25(2)3)12-4-5-13-23/h6-11,14,27H,4-5,12-13,15H2,1-3H3,(H,24,28). The van der Waals surface area contributed by atoms with E-state index in [1.807, 2.05) is 12.1 Å². The van der Waals surface area contributed by atoms with Crippen LogP contribution in [0.2, 0.25) is 0 Å². The van der Waals surface area contributed by atoms with Crippen molar-refractivity contribution in [3.05, 3.63) is 53.6 Å². The maximum Gasteiger partial charge on any atom is 0.251 e. The normalized spacial score (nSPS) is 15.6. The Hall–Kier alpha value is -2.66. The summed E-state index contributed by atoms with van der Waals surface area (Å²) >= 11 is 0. The lowest BCUT2D eigenvalue weighted by Gasteiger charge is -2.36. The number of nitrogens with zero attached hydrogens (tertiary/aromatic N) is 1. The summed E-state index contributed by atoms with van der Waals surface area (Å²) in [6.45, 7) is 2.08. The number of phenolic OH excluding ortho intramolecular Hbond substituents is 1. The molecule has 0 spiro atoms. The van der Waals surface area contributed by atoms with Gasteiger partial charge in [-0.25, -0.2) is 0 Å². The number of carbonyl (C=O) groups excluding carboxylic acids is 2. The molecular weight excluding hydrogens is 352 g/mol. The van der Waals surface area contributed by atoms with Crippen LogP contribution >= 0.6 is 0 Å². The Bertz CT molecular complexity index is 866. The van der Waals surface area contributed by atoms with E-state index in [1.165, 1.54) is 25.8 Å². The van der Waals surface area contributed by atoms with Crippen molar-refractivity contribution in [3.8, 4) is 16.9 Å². The van der Waals surface area contributed by atoms with Crippen molar-refractivity contribution in [2.75, 3.05) is 20.6 Å². The Balaban J connectivity index is 1.71. The Labute approximate surface area is 166 Å². The summed E-state index contributed by atoms with van der Waals surface area (Å²) in [6, 6.07) is 12.3. The largest absolute Gasteiger partial charge is 0.507 e. The van der Waals surface area contributed by atoms with E-state index >= 15 is 0 Å². The number of phenols is 1. The fraction of sp³-hybridized carbons (Fsp3) is 0.391.